The van der Waals surface area contributed by atoms with E-state index in [9.17, 15) is 4.79 Å². The lowest BCUT2D eigenvalue weighted by atomic mass is 10.0. The highest BCUT2D eigenvalue weighted by molar-refractivity contribution is 5.77. The van der Waals surface area contributed by atoms with Crippen LogP contribution in [0.5, 0.6) is 0 Å². The number of likely N-dealkylation sites (tertiary alicyclic amines) is 1. The summed E-state index contributed by atoms with van der Waals surface area (Å²) in [5.41, 5.74) is 0. The molecule has 2 fully saturated rings. The number of nitrogens with one attached hydrogen (secondary N) is 2. The van der Waals surface area contributed by atoms with Crippen molar-refractivity contribution in [2.45, 2.75) is 57.5 Å². The topological polar surface area (TPSA) is 44.4 Å². The van der Waals surface area contributed by atoms with Gasteiger partial charge in [0.1, 0.15) is 0 Å². The van der Waals surface area contributed by atoms with Gasteiger partial charge in [-0.25, -0.2) is 0 Å². The summed E-state index contributed by atoms with van der Waals surface area (Å²) >= 11 is 0. The molecule has 19 heavy (non-hydrogen) atoms. The molecule has 1 amide bonds. The number of nitrogens with zero attached hydrogens (tertiary/aromatic N) is 1. The molecule has 0 aromatic rings. The fourth-order valence-electron chi connectivity index (χ4n) is 3.47. The van der Waals surface area contributed by atoms with Crippen LogP contribution in [-0.4, -0.2) is 49.6 Å². The maximum Gasteiger partial charge on any atom is 0.233 e. The third-order valence-corrected chi connectivity index (χ3v) is 4.82. The maximum absolute atomic E-state index is 11.3. The first kappa shape index (κ1) is 14.8. The van der Waals surface area contributed by atoms with E-state index in [1.165, 1.54) is 38.5 Å². The van der Waals surface area contributed by atoms with Crippen molar-refractivity contribution in [3.8, 4) is 0 Å². The van der Waals surface area contributed by atoms with Crippen molar-refractivity contribution in [2.24, 2.45) is 5.92 Å². The number of rotatable bonds is 5. The lowest BCUT2D eigenvalue weighted by Gasteiger charge is -2.33. The molecular formula is C15H29N3O. The van der Waals surface area contributed by atoms with Crippen LogP contribution in [0.15, 0.2) is 0 Å². The van der Waals surface area contributed by atoms with Gasteiger partial charge in [0.2, 0.25) is 5.91 Å². The summed E-state index contributed by atoms with van der Waals surface area (Å²) in [7, 11) is 1.71. The summed E-state index contributed by atoms with van der Waals surface area (Å²) in [5.74, 6) is 1.08. The summed E-state index contributed by atoms with van der Waals surface area (Å²) in [5, 5.41) is 6.54. The Balaban J connectivity index is 1.65. The minimum Gasteiger partial charge on any atom is -0.358 e. The van der Waals surface area contributed by atoms with Gasteiger partial charge in [-0.1, -0.05) is 13.3 Å². The van der Waals surface area contributed by atoms with Gasteiger partial charge in [0, 0.05) is 32.2 Å². The second-order valence-corrected chi connectivity index (χ2v) is 6.17. The Morgan fingerprint density at radius 1 is 1.16 bits per heavy atom. The number of piperidine rings is 1. The van der Waals surface area contributed by atoms with Crippen molar-refractivity contribution < 1.29 is 4.79 Å². The molecule has 0 aromatic carbocycles. The number of carbonyl (C=O) groups is 1. The van der Waals surface area contributed by atoms with E-state index < -0.39 is 0 Å². The number of likely N-dealkylation sites (N-methyl/N-ethyl adjacent to an activating group) is 1. The fraction of sp³-hybridized carbons (Fsp3) is 0.933. The molecule has 110 valence electrons. The molecular weight excluding hydrogens is 238 g/mol. The summed E-state index contributed by atoms with van der Waals surface area (Å²) in [4.78, 5) is 13.6. The summed E-state index contributed by atoms with van der Waals surface area (Å²) in [6.45, 7) is 4.97. The SMILES string of the molecule is CCC1CCC(NC2CCN(CC(=O)NC)CC2)C1. The van der Waals surface area contributed by atoms with Gasteiger partial charge in [-0.3, -0.25) is 9.69 Å². The Morgan fingerprint density at radius 3 is 2.47 bits per heavy atom. The van der Waals surface area contributed by atoms with E-state index in [1.807, 2.05) is 0 Å². The molecule has 0 spiro atoms. The quantitative estimate of drug-likeness (QED) is 0.790. The van der Waals surface area contributed by atoms with E-state index in [0.717, 1.165) is 25.0 Å². The fourth-order valence-corrected chi connectivity index (χ4v) is 3.47. The lowest BCUT2D eigenvalue weighted by molar-refractivity contribution is -0.122. The lowest BCUT2D eigenvalue weighted by Crippen LogP contribution is -2.47. The average molecular weight is 267 g/mol. The summed E-state index contributed by atoms with van der Waals surface area (Å²) in [6.07, 6.45) is 7.84. The second kappa shape index (κ2) is 7.25. The first-order valence-electron chi connectivity index (χ1n) is 7.90. The van der Waals surface area contributed by atoms with E-state index >= 15 is 0 Å². The van der Waals surface area contributed by atoms with Gasteiger partial charge in [0.25, 0.3) is 0 Å². The van der Waals surface area contributed by atoms with Crippen molar-refractivity contribution in [1.29, 1.82) is 0 Å². The molecule has 1 aliphatic carbocycles. The van der Waals surface area contributed by atoms with Crippen molar-refractivity contribution in [2.75, 3.05) is 26.7 Å². The molecule has 4 heteroatoms. The van der Waals surface area contributed by atoms with Gasteiger partial charge in [0.05, 0.1) is 6.54 Å². The number of carbonyl (C=O) groups excluding carboxylic acids is 1. The zero-order valence-corrected chi connectivity index (χ0v) is 12.5. The van der Waals surface area contributed by atoms with E-state index in [2.05, 4.69) is 22.5 Å². The smallest absolute Gasteiger partial charge is 0.233 e. The molecule has 1 saturated carbocycles. The predicted molar refractivity (Wildman–Crippen MR) is 78.1 cm³/mol. The molecule has 0 radical (unpaired) electrons. The molecule has 2 unspecified atom stereocenters. The first-order chi connectivity index (χ1) is 9.21. The Bertz CT molecular complexity index is 287. The monoisotopic (exact) mass is 267 g/mol. The predicted octanol–water partition coefficient (Wildman–Crippen LogP) is 1.37. The number of amides is 1. The molecule has 1 heterocycles. The molecule has 1 saturated heterocycles. The number of hydrogen-bond donors (Lipinski definition) is 2. The minimum absolute atomic E-state index is 0.132. The van der Waals surface area contributed by atoms with E-state index in [0.29, 0.717) is 12.6 Å². The third-order valence-electron chi connectivity index (χ3n) is 4.82. The molecule has 0 bridgehead atoms. The van der Waals surface area contributed by atoms with Crippen molar-refractivity contribution >= 4 is 5.91 Å². The average Bonchev–Trinajstić information content (AvgIpc) is 2.88. The van der Waals surface area contributed by atoms with Crippen LogP contribution in [-0.2, 0) is 4.79 Å². The van der Waals surface area contributed by atoms with Crippen molar-refractivity contribution in [1.82, 2.24) is 15.5 Å². The molecule has 2 atom stereocenters. The molecule has 4 nitrogen and oxygen atoms in total. The molecule has 2 rings (SSSR count). The van der Waals surface area contributed by atoms with Crippen LogP contribution >= 0.6 is 0 Å². The molecule has 1 aliphatic heterocycles. The van der Waals surface area contributed by atoms with E-state index in [4.69, 9.17) is 0 Å². The Kier molecular flexibility index (Phi) is 5.64. The van der Waals surface area contributed by atoms with Crippen LogP contribution in [0.3, 0.4) is 0 Å². The Labute approximate surface area is 117 Å². The van der Waals surface area contributed by atoms with Gasteiger partial charge < -0.3 is 10.6 Å². The van der Waals surface area contributed by atoms with Gasteiger partial charge in [-0.15, -0.1) is 0 Å². The van der Waals surface area contributed by atoms with E-state index in [1.54, 1.807) is 7.05 Å². The summed E-state index contributed by atoms with van der Waals surface area (Å²) in [6, 6.07) is 1.42. The Morgan fingerprint density at radius 2 is 1.89 bits per heavy atom. The Hall–Kier alpha value is -0.610. The van der Waals surface area contributed by atoms with Gasteiger partial charge >= 0.3 is 0 Å². The minimum atomic E-state index is 0.132. The van der Waals surface area contributed by atoms with Crippen molar-refractivity contribution in [3.63, 3.8) is 0 Å². The largest absolute Gasteiger partial charge is 0.358 e. The molecule has 0 aromatic heterocycles. The van der Waals surface area contributed by atoms with Gasteiger partial charge in [-0.05, 0) is 38.0 Å². The highest BCUT2D eigenvalue weighted by Crippen LogP contribution is 2.28. The third kappa shape index (κ3) is 4.46. The van der Waals surface area contributed by atoms with Crippen LogP contribution in [0.25, 0.3) is 0 Å². The highest BCUT2D eigenvalue weighted by Gasteiger charge is 2.27. The van der Waals surface area contributed by atoms with Gasteiger partial charge in [0.15, 0.2) is 0 Å². The second-order valence-electron chi connectivity index (χ2n) is 6.17. The zero-order chi connectivity index (χ0) is 13.7. The maximum atomic E-state index is 11.3. The molecule has 2 N–H and O–H groups in total. The van der Waals surface area contributed by atoms with Crippen LogP contribution in [0.4, 0.5) is 0 Å². The van der Waals surface area contributed by atoms with Crippen LogP contribution < -0.4 is 10.6 Å². The van der Waals surface area contributed by atoms with Crippen LogP contribution in [0, 0.1) is 5.92 Å². The van der Waals surface area contributed by atoms with E-state index in [-0.39, 0.29) is 5.91 Å². The highest BCUT2D eigenvalue weighted by atomic mass is 16.1. The normalized spacial score (nSPS) is 29.6. The summed E-state index contributed by atoms with van der Waals surface area (Å²) < 4.78 is 0. The first-order valence-corrected chi connectivity index (χ1v) is 7.90. The van der Waals surface area contributed by atoms with Crippen LogP contribution in [0.2, 0.25) is 0 Å². The standard InChI is InChI=1S/C15H29N3O/c1-3-12-4-5-14(10-12)17-13-6-8-18(9-7-13)11-15(19)16-2/h12-14,17H,3-11H2,1-2H3,(H,16,19). The van der Waals surface area contributed by atoms with Crippen LogP contribution in [0.1, 0.15) is 45.4 Å². The van der Waals surface area contributed by atoms with Crippen molar-refractivity contribution in [3.05, 3.63) is 0 Å². The number of hydrogen-bond acceptors (Lipinski definition) is 3. The zero-order valence-electron chi connectivity index (χ0n) is 12.5. The van der Waals surface area contributed by atoms with Gasteiger partial charge in [-0.2, -0.15) is 0 Å². The molecule has 2 aliphatic rings.